The summed E-state index contributed by atoms with van der Waals surface area (Å²) in [5.74, 6) is -0.634. The number of rotatable bonds is 12. The van der Waals surface area contributed by atoms with Crippen molar-refractivity contribution in [2.24, 2.45) is 11.3 Å². The van der Waals surface area contributed by atoms with E-state index in [4.69, 9.17) is 30.5 Å². The van der Waals surface area contributed by atoms with Gasteiger partial charge in [-0.05, 0) is 36.6 Å². The zero-order valence-corrected chi connectivity index (χ0v) is 26.0. The number of para-hydroxylation sites is 1. The summed E-state index contributed by atoms with van der Waals surface area (Å²) in [4.78, 5) is 41.4. The number of ether oxygens (including phenoxy) is 4. The van der Waals surface area contributed by atoms with Gasteiger partial charge in [0.25, 0.3) is 5.91 Å². The topological polar surface area (TPSA) is 124 Å². The highest BCUT2D eigenvalue weighted by Crippen LogP contribution is 2.45. The van der Waals surface area contributed by atoms with Gasteiger partial charge in [0.2, 0.25) is 5.91 Å². The Balaban J connectivity index is 2.14. The first-order valence-corrected chi connectivity index (χ1v) is 14.2. The number of anilines is 1. The summed E-state index contributed by atoms with van der Waals surface area (Å²) < 4.78 is 22.6. The second-order valence-corrected chi connectivity index (χ2v) is 12.0. The third kappa shape index (κ3) is 7.73. The number of amides is 2. The Labute approximate surface area is 252 Å². The van der Waals surface area contributed by atoms with Gasteiger partial charge in [0.15, 0.2) is 11.5 Å². The minimum Gasteiger partial charge on any atom is -0.493 e. The zero-order chi connectivity index (χ0) is 31.2. The molecule has 42 heavy (non-hydrogen) atoms. The highest BCUT2D eigenvalue weighted by Gasteiger charge is 2.41. The lowest BCUT2D eigenvalue weighted by Gasteiger charge is -2.32. The minimum atomic E-state index is -1.26. The van der Waals surface area contributed by atoms with Crippen LogP contribution >= 0.6 is 11.6 Å². The van der Waals surface area contributed by atoms with Gasteiger partial charge in [-0.25, -0.2) is 4.79 Å². The van der Waals surface area contributed by atoms with Gasteiger partial charge in [0.1, 0.15) is 18.2 Å². The van der Waals surface area contributed by atoms with E-state index < -0.39 is 41.4 Å². The summed E-state index contributed by atoms with van der Waals surface area (Å²) in [5.41, 5.74) is 0.983. The van der Waals surface area contributed by atoms with E-state index in [0.717, 1.165) is 0 Å². The van der Waals surface area contributed by atoms with E-state index in [-0.39, 0.29) is 25.5 Å². The number of aliphatic hydroxyl groups is 1. The fourth-order valence-corrected chi connectivity index (χ4v) is 5.14. The third-order valence-electron chi connectivity index (χ3n) is 7.03. The molecule has 3 rings (SSSR count). The molecule has 1 heterocycles. The summed E-state index contributed by atoms with van der Waals surface area (Å²) in [6, 6.07) is 9.55. The molecule has 0 bridgehead atoms. The van der Waals surface area contributed by atoms with Crippen LogP contribution in [0.5, 0.6) is 11.5 Å². The monoisotopic (exact) mass is 604 g/mol. The van der Waals surface area contributed by atoms with Crippen LogP contribution in [0, 0.1) is 11.3 Å². The van der Waals surface area contributed by atoms with E-state index in [9.17, 15) is 19.5 Å². The number of nitrogens with zero attached hydrogens (tertiary/aromatic N) is 1. The molecule has 10 nitrogen and oxygen atoms in total. The molecule has 1 aliphatic heterocycles. The number of carbonyl (C=O) groups excluding carboxylic acids is 3. The molecule has 0 saturated heterocycles. The van der Waals surface area contributed by atoms with E-state index in [1.807, 2.05) is 27.7 Å². The Kier molecular flexibility index (Phi) is 11.2. The molecule has 2 aromatic carbocycles. The van der Waals surface area contributed by atoms with E-state index in [1.165, 1.54) is 26.2 Å². The molecule has 0 radical (unpaired) electrons. The average molecular weight is 605 g/mol. The van der Waals surface area contributed by atoms with Crippen LogP contribution in [0.2, 0.25) is 5.02 Å². The van der Waals surface area contributed by atoms with Gasteiger partial charge in [-0.3, -0.25) is 9.59 Å². The van der Waals surface area contributed by atoms with Gasteiger partial charge in [-0.15, -0.1) is 0 Å². The maximum absolute atomic E-state index is 14.2. The van der Waals surface area contributed by atoms with Crippen molar-refractivity contribution < 1.29 is 38.4 Å². The lowest BCUT2D eigenvalue weighted by atomic mass is 9.92. The fourth-order valence-electron chi connectivity index (χ4n) is 4.95. The van der Waals surface area contributed by atoms with Gasteiger partial charge >= 0.3 is 5.97 Å². The van der Waals surface area contributed by atoms with Crippen molar-refractivity contribution in [3.8, 4) is 11.5 Å². The van der Waals surface area contributed by atoms with Gasteiger partial charge in [-0.1, -0.05) is 51.4 Å². The first kappa shape index (κ1) is 33.2. The molecule has 230 valence electrons. The first-order chi connectivity index (χ1) is 19.8. The van der Waals surface area contributed by atoms with Crippen molar-refractivity contribution in [2.45, 2.75) is 58.8 Å². The van der Waals surface area contributed by atoms with Crippen molar-refractivity contribution in [3.63, 3.8) is 0 Å². The molecule has 2 N–H and O–H groups in total. The van der Waals surface area contributed by atoms with Crippen molar-refractivity contribution in [1.82, 2.24) is 5.32 Å². The Morgan fingerprint density at radius 2 is 1.83 bits per heavy atom. The number of fused-ring (bicyclic) bond motifs is 1. The second-order valence-electron chi connectivity index (χ2n) is 11.5. The van der Waals surface area contributed by atoms with Crippen LogP contribution in [0.1, 0.15) is 57.8 Å². The summed E-state index contributed by atoms with van der Waals surface area (Å²) in [7, 11) is 4.28. The number of esters is 1. The predicted octanol–water partition coefficient (Wildman–Crippen LogP) is 4.29. The number of nitrogens with one attached hydrogen (secondary N) is 1. The molecular formula is C31H41ClN2O8. The Morgan fingerprint density at radius 3 is 2.43 bits per heavy atom. The van der Waals surface area contributed by atoms with Crippen molar-refractivity contribution >= 4 is 35.1 Å². The number of halogens is 1. The number of methoxy groups -OCH3 is 3. The lowest BCUT2D eigenvalue weighted by Crippen LogP contribution is -2.48. The van der Waals surface area contributed by atoms with Crippen LogP contribution < -0.4 is 19.7 Å². The van der Waals surface area contributed by atoms with E-state index in [1.54, 1.807) is 36.4 Å². The van der Waals surface area contributed by atoms with Crippen LogP contribution in [0.3, 0.4) is 0 Å². The maximum Gasteiger partial charge on any atom is 0.328 e. The van der Waals surface area contributed by atoms with E-state index in [0.29, 0.717) is 39.8 Å². The number of hydrogen-bond acceptors (Lipinski definition) is 8. The summed E-state index contributed by atoms with van der Waals surface area (Å²) in [5, 5.41) is 13.2. The highest BCUT2D eigenvalue weighted by atomic mass is 35.5. The van der Waals surface area contributed by atoms with Crippen LogP contribution in [-0.4, -0.2) is 69.5 Å². The molecule has 0 aromatic heterocycles. The average Bonchev–Trinajstić information content (AvgIpc) is 3.05. The van der Waals surface area contributed by atoms with Crippen LogP contribution in [0.15, 0.2) is 36.4 Å². The van der Waals surface area contributed by atoms with Crippen LogP contribution in [-0.2, 0) is 23.9 Å². The smallest absolute Gasteiger partial charge is 0.328 e. The first-order valence-electron chi connectivity index (χ1n) is 13.8. The fraction of sp³-hybridized carbons (Fsp3) is 0.516. The minimum absolute atomic E-state index is 0.102. The second kappa shape index (κ2) is 14.2. The molecule has 0 saturated carbocycles. The largest absolute Gasteiger partial charge is 0.493 e. The number of aliphatic hydroxyl groups excluding tert-OH is 1. The van der Waals surface area contributed by atoms with Crippen molar-refractivity contribution in [1.29, 1.82) is 0 Å². The van der Waals surface area contributed by atoms with E-state index >= 15 is 0 Å². The summed E-state index contributed by atoms with van der Waals surface area (Å²) in [6.07, 6.45) is -2.16. The third-order valence-corrected chi connectivity index (χ3v) is 7.27. The molecule has 0 spiro atoms. The summed E-state index contributed by atoms with van der Waals surface area (Å²) >= 11 is 6.46. The molecule has 0 aliphatic carbocycles. The molecule has 2 aromatic rings. The number of hydrogen-bond donors (Lipinski definition) is 2. The zero-order valence-electron chi connectivity index (χ0n) is 25.2. The van der Waals surface area contributed by atoms with Gasteiger partial charge in [-0.2, -0.15) is 0 Å². The highest BCUT2D eigenvalue weighted by molar-refractivity contribution is 6.30. The van der Waals surface area contributed by atoms with Gasteiger partial charge in [0.05, 0.1) is 27.8 Å². The normalized spacial score (nSPS) is 17.8. The molecule has 0 fully saturated rings. The molecule has 11 heteroatoms. The Hall–Kier alpha value is -3.34. The molecule has 2 amide bonds. The Morgan fingerprint density at radius 1 is 1.12 bits per heavy atom. The van der Waals surface area contributed by atoms with Crippen molar-refractivity contribution in [2.75, 3.05) is 39.4 Å². The Bertz CT molecular complexity index is 1280. The number of carbonyl (C=O) groups is 3. The summed E-state index contributed by atoms with van der Waals surface area (Å²) in [6.45, 7) is 7.47. The number of benzene rings is 2. The molecule has 0 unspecified atom stereocenters. The molecular weight excluding hydrogens is 564 g/mol. The van der Waals surface area contributed by atoms with Crippen LogP contribution in [0.25, 0.3) is 0 Å². The quantitative estimate of drug-likeness (QED) is 0.344. The standard InChI is InChI=1S/C31H41ClN2O8/c1-18(2)13-22(30(38)41-7)33-26(36)15-25-29(37)34(16-31(3,4)17-35)23-12-11-19(32)14-21(23)27(42-25)20-9-8-10-24(39-5)28(20)40-6/h8-12,14,18,22,25,27,35H,13,15-17H2,1-7H3,(H,33,36)/t22-,25-,27-/m1/s1. The van der Waals surface area contributed by atoms with E-state index in [2.05, 4.69) is 5.32 Å². The van der Waals surface area contributed by atoms with Crippen molar-refractivity contribution in [3.05, 3.63) is 52.5 Å². The SMILES string of the molecule is COC(=O)[C@@H](CC(C)C)NC(=O)C[C@H]1O[C@H](c2cccc(OC)c2OC)c2cc(Cl)ccc2N(CC(C)(C)CO)C1=O. The molecule has 3 atom stereocenters. The van der Waals surface area contributed by atoms with Crippen LogP contribution in [0.4, 0.5) is 5.69 Å². The lowest BCUT2D eigenvalue weighted by molar-refractivity contribution is -0.146. The maximum atomic E-state index is 14.2. The van der Waals surface area contributed by atoms with Gasteiger partial charge in [0, 0.05) is 40.4 Å². The van der Waals surface area contributed by atoms with Gasteiger partial charge < -0.3 is 34.3 Å². The molecule has 1 aliphatic rings. The predicted molar refractivity (Wildman–Crippen MR) is 159 cm³/mol.